The van der Waals surface area contributed by atoms with Crippen LogP contribution in [0.4, 0.5) is 0 Å². The summed E-state index contributed by atoms with van der Waals surface area (Å²) in [6, 6.07) is 0. The lowest BCUT2D eigenvalue weighted by Gasteiger charge is -2.23. The smallest absolute Gasteiger partial charge is 0.0699 e. The van der Waals surface area contributed by atoms with Crippen molar-refractivity contribution in [2.24, 2.45) is 0 Å². The van der Waals surface area contributed by atoms with Gasteiger partial charge in [-0.3, -0.25) is 4.90 Å². The Balaban J connectivity index is 2.04. The molecule has 0 aromatic carbocycles. The largest absolute Gasteiger partial charge is 0.377 e. The van der Waals surface area contributed by atoms with Gasteiger partial charge in [0.05, 0.1) is 6.10 Å². The maximum absolute atomic E-state index is 5.78. The first-order valence-corrected chi connectivity index (χ1v) is 7.41. The van der Waals surface area contributed by atoms with Crippen molar-refractivity contribution in [3.8, 4) is 0 Å². The molecule has 0 aromatic heterocycles. The molecule has 3 nitrogen and oxygen atoms in total. The molecule has 0 saturated carbocycles. The van der Waals surface area contributed by atoms with E-state index in [4.69, 9.17) is 4.74 Å². The molecule has 1 saturated heterocycles. The van der Waals surface area contributed by atoms with Crippen LogP contribution in [0, 0.1) is 0 Å². The maximum Gasteiger partial charge on any atom is 0.0699 e. The Kier molecular flexibility index (Phi) is 8.67. The molecule has 1 heterocycles. The zero-order chi connectivity index (χ0) is 12.3. The number of hydrogen-bond donors (Lipinski definition) is 1. The van der Waals surface area contributed by atoms with Crippen LogP contribution in [0.1, 0.15) is 46.0 Å². The van der Waals surface area contributed by atoms with Crippen molar-refractivity contribution in [2.45, 2.75) is 52.1 Å². The van der Waals surface area contributed by atoms with Crippen molar-refractivity contribution in [1.82, 2.24) is 10.2 Å². The highest BCUT2D eigenvalue weighted by atomic mass is 16.5. The van der Waals surface area contributed by atoms with Gasteiger partial charge in [-0.15, -0.1) is 0 Å². The van der Waals surface area contributed by atoms with Crippen molar-refractivity contribution in [2.75, 3.05) is 39.3 Å². The lowest BCUT2D eigenvalue weighted by atomic mass is 10.2. The number of ether oxygens (including phenoxy) is 1. The zero-order valence-electron chi connectivity index (χ0n) is 11.7. The topological polar surface area (TPSA) is 24.5 Å². The SMILES string of the molecule is CCCCCNCCN1CCCOC(CC)C1. The van der Waals surface area contributed by atoms with E-state index >= 15 is 0 Å². The summed E-state index contributed by atoms with van der Waals surface area (Å²) in [6.45, 7) is 11.2. The lowest BCUT2D eigenvalue weighted by molar-refractivity contribution is 0.0521. The third kappa shape index (κ3) is 7.02. The van der Waals surface area contributed by atoms with Crippen molar-refractivity contribution < 1.29 is 4.74 Å². The predicted octanol–water partition coefficient (Wildman–Crippen LogP) is 2.27. The highest BCUT2D eigenvalue weighted by Gasteiger charge is 2.16. The normalized spacial score (nSPS) is 22.6. The molecule has 0 aromatic rings. The van der Waals surface area contributed by atoms with Gasteiger partial charge in [0, 0.05) is 32.8 Å². The minimum absolute atomic E-state index is 0.456. The third-order valence-electron chi connectivity index (χ3n) is 3.45. The summed E-state index contributed by atoms with van der Waals surface area (Å²) in [5.41, 5.74) is 0. The van der Waals surface area contributed by atoms with Gasteiger partial charge >= 0.3 is 0 Å². The number of nitrogens with zero attached hydrogens (tertiary/aromatic N) is 1. The first-order valence-electron chi connectivity index (χ1n) is 7.41. The van der Waals surface area contributed by atoms with Gasteiger partial charge in [0.25, 0.3) is 0 Å². The Hall–Kier alpha value is -0.120. The number of rotatable bonds is 8. The molecule has 3 heteroatoms. The van der Waals surface area contributed by atoms with Crippen LogP contribution in [-0.2, 0) is 4.74 Å². The van der Waals surface area contributed by atoms with Gasteiger partial charge in [-0.2, -0.15) is 0 Å². The van der Waals surface area contributed by atoms with E-state index in [0.717, 1.165) is 26.1 Å². The second-order valence-corrected chi connectivity index (χ2v) is 5.01. The van der Waals surface area contributed by atoms with Crippen LogP contribution in [0.3, 0.4) is 0 Å². The van der Waals surface area contributed by atoms with E-state index in [1.54, 1.807) is 0 Å². The van der Waals surface area contributed by atoms with Gasteiger partial charge in [-0.1, -0.05) is 26.7 Å². The third-order valence-corrected chi connectivity index (χ3v) is 3.45. The van der Waals surface area contributed by atoms with Crippen molar-refractivity contribution in [1.29, 1.82) is 0 Å². The highest BCUT2D eigenvalue weighted by molar-refractivity contribution is 4.69. The Morgan fingerprint density at radius 1 is 1.24 bits per heavy atom. The van der Waals surface area contributed by atoms with E-state index < -0.39 is 0 Å². The standard InChI is InChI=1S/C14H30N2O/c1-3-5-6-8-15-9-11-16-10-7-12-17-14(4-2)13-16/h14-15H,3-13H2,1-2H3. The van der Waals surface area contributed by atoms with Crippen LogP contribution >= 0.6 is 0 Å². The van der Waals surface area contributed by atoms with Crippen molar-refractivity contribution >= 4 is 0 Å². The molecular formula is C14H30N2O. The summed E-state index contributed by atoms with van der Waals surface area (Å²) in [5, 5.41) is 3.54. The molecule has 0 amide bonds. The monoisotopic (exact) mass is 242 g/mol. The van der Waals surface area contributed by atoms with Gasteiger partial charge in [0.1, 0.15) is 0 Å². The molecular weight excluding hydrogens is 212 g/mol. The maximum atomic E-state index is 5.78. The van der Waals surface area contributed by atoms with Crippen LogP contribution in [0.2, 0.25) is 0 Å². The summed E-state index contributed by atoms with van der Waals surface area (Å²) >= 11 is 0. The van der Waals surface area contributed by atoms with E-state index in [9.17, 15) is 0 Å². The molecule has 1 fully saturated rings. The summed E-state index contributed by atoms with van der Waals surface area (Å²) in [4.78, 5) is 2.55. The van der Waals surface area contributed by atoms with Crippen LogP contribution in [0.25, 0.3) is 0 Å². The summed E-state index contributed by atoms with van der Waals surface area (Å²) in [7, 11) is 0. The molecule has 1 aliphatic heterocycles. The van der Waals surface area contributed by atoms with Gasteiger partial charge < -0.3 is 10.1 Å². The molecule has 1 atom stereocenters. The molecule has 0 spiro atoms. The summed E-state index contributed by atoms with van der Waals surface area (Å²) < 4.78 is 5.78. The Labute approximate surface area is 107 Å². The van der Waals surface area contributed by atoms with Crippen LogP contribution in [0.5, 0.6) is 0 Å². The molecule has 1 rings (SSSR count). The van der Waals surface area contributed by atoms with E-state index in [-0.39, 0.29) is 0 Å². The van der Waals surface area contributed by atoms with E-state index in [1.807, 2.05) is 0 Å². The zero-order valence-corrected chi connectivity index (χ0v) is 11.7. The number of hydrogen-bond acceptors (Lipinski definition) is 3. The minimum Gasteiger partial charge on any atom is -0.377 e. The fraction of sp³-hybridized carbons (Fsp3) is 1.00. The molecule has 17 heavy (non-hydrogen) atoms. The molecule has 0 aliphatic carbocycles. The fourth-order valence-electron chi connectivity index (χ4n) is 2.28. The second-order valence-electron chi connectivity index (χ2n) is 5.01. The fourth-order valence-corrected chi connectivity index (χ4v) is 2.28. The van der Waals surface area contributed by atoms with E-state index in [1.165, 1.54) is 45.3 Å². The molecule has 1 unspecified atom stereocenters. The lowest BCUT2D eigenvalue weighted by Crippen LogP contribution is -2.36. The highest BCUT2D eigenvalue weighted by Crippen LogP contribution is 2.07. The first kappa shape index (κ1) is 14.9. The Morgan fingerprint density at radius 3 is 2.88 bits per heavy atom. The summed E-state index contributed by atoms with van der Waals surface area (Å²) in [6.07, 6.45) is 6.76. The van der Waals surface area contributed by atoms with Crippen molar-refractivity contribution in [3.05, 3.63) is 0 Å². The number of nitrogens with one attached hydrogen (secondary N) is 1. The van der Waals surface area contributed by atoms with Crippen LogP contribution in [-0.4, -0.2) is 50.3 Å². The Morgan fingerprint density at radius 2 is 2.12 bits per heavy atom. The molecule has 1 N–H and O–H groups in total. The first-order chi connectivity index (χ1) is 8.36. The van der Waals surface area contributed by atoms with Crippen LogP contribution < -0.4 is 5.32 Å². The van der Waals surface area contributed by atoms with Gasteiger partial charge in [0.2, 0.25) is 0 Å². The van der Waals surface area contributed by atoms with Crippen molar-refractivity contribution in [3.63, 3.8) is 0 Å². The van der Waals surface area contributed by atoms with Crippen LogP contribution in [0.15, 0.2) is 0 Å². The van der Waals surface area contributed by atoms with Gasteiger partial charge in [-0.25, -0.2) is 0 Å². The molecule has 0 bridgehead atoms. The minimum atomic E-state index is 0.456. The van der Waals surface area contributed by atoms with E-state index in [0.29, 0.717) is 6.10 Å². The molecule has 102 valence electrons. The quantitative estimate of drug-likeness (QED) is 0.661. The average Bonchev–Trinajstić information content (AvgIpc) is 2.58. The molecule has 1 aliphatic rings. The van der Waals surface area contributed by atoms with E-state index in [2.05, 4.69) is 24.1 Å². The molecule has 0 radical (unpaired) electrons. The predicted molar refractivity (Wildman–Crippen MR) is 73.5 cm³/mol. The average molecular weight is 242 g/mol. The number of unbranched alkanes of at least 4 members (excludes halogenated alkanes) is 2. The van der Waals surface area contributed by atoms with Gasteiger partial charge in [0.15, 0.2) is 0 Å². The summed E-state index contributed by atoms with van der Waals surface area (Å²) in [5.74, 6) is 0. The van der Waals surface area contributed by atoms with Gasteiger partial charge in [-0.05, 0) is 25.8 Å². The Bertz CT molecular complexity index is 176. The second kappa shape index (κ2) is 9.86.